The lowest BCUT2D eigenvalue weighted by Crippen LogP contribution is -2.51. The topological polar surface area (TPSA) is 84.9 Å². The first-order valence-corrected chi connectivity index (χ1v) is 12.5. The Labute approximate surface area is 190 Å². The third-order valence-corrected chi connectivity index (χ3v) is 6.40. The van der Waals surface area contributed by atoms with Crippen molar-refractivity contribution in [3.05, 3.63) is 53.1 Å². The number of ether oxygens (including phenoxy) is 2. The van der Waals surface area contributed by atoms with E-state index in [0.29, 0.717) is 18.0 Å². The van der Waals surface area contributed by atoms with Crippen LogP contribution < -0.4 is 19.1 Å². The number of nitrogens with zero attached hydrogens (tertiary/aromatic N) is 1. The van der Waals surface area contributed by atoms with Gasteiger partial charge in [0.05, 0.1) is 25.0 Å². The van der Waals surface area contributed by atoms with Crippen LogP contribution in [-0.2, 0) is 20.2 Å². The first-order valence-electron chi connectivity index (χ1n) is 10.6. The van der Waals surface area contributed by atoms with Crippen LogP contribution in [0, 0.1) is 13.8 Å². The molecule has 2 aromatic carbocycles. The minimum Gasteiger partial charge on any atom is -0.492 e. The van der Waals surface area contributed by atoms with Gasteiger partial charge in [0.2, 0.25) is 10.0 Å². The number of sulfonamides is 1. The van der Waals surface area contributed by atoms with E-state index in [1.165, 1.54) is 4.31 Å². The summed E-state index contributed by atoms with van der Waals surface area (Å²) in [5, 5.41) is 2.78. The molecule has 0 spiro atoms. The van der Waals surface area contributed by atoms with Gasteiger partial charge in [0.15, 0.2) is 6.10 Å². The molecule has 1 heterocycles. The van der Waals surface area contributed by atoms with E-state index in [1.807, 2.05) is 38.1 Å². The highest BCUT2D eigenvalue weighted by Crippen LogP contribution is 2.38. The van der Waals surface area contributed by atoms with Crippen LogP contribution in [0.25, 0.3) is 0 Å². The number of benzene rings is 2. The summed E-state index contributed by atoms with van der Waals surface area (Å²) in [6.07, 6.45) is 0.192. The summed E-state index contributed by atoms with van der Waals surface area (Å²) >= 11 is 0. The molecule has 1 N–H and O–H groups in total. The minimum atomic E-state index is -3.59. The fraction of sp³-hybridized carbons (Fsp3) is 0.458. The Hall–Kier alpha value is -2.74. The number of hydrogen-bond acceptors (Lipinski definition) is 5. The average molecular weight is 461 g/mol. The number of aryl methyl sites for hydroxylation is 2. The van der Waals surface area contributed by atoms with E-state index in [9.17, 15) is 13.2 Å². The van der Waals surface area contributed by atoms with Crippen molar-refractivity contribution in [2.24, 2.45) is 0 Å². The van der Waals surface area contributed by atoms with Crippen molar-refractivity contribution in [2.75, 3.05) is 30.3 Å². The van der Waals surface area contributed by atoms with E-state index in [0.717, 1.165) is 28.7 Å². The summed E-state index contributed by atoms with van der Waals surface area (Å²) in [7, 11) is -3.59. The molecule has 7 nitrogen and oxygen atoms in total. The fourth-order valence-electron chi connectivity index (χ4n) is 3.64. The number of amides is 1. The van der Waals surface area contributed by atoms with Gasteiger partial charge >= 0.3 is 0 Å². The van der Waals surface area contributed by atoms with Crippen LogP contribution in [-0.4, -0.2) is 46.4 Å². The van der Waals surface area contributed by atoms with Crippen molar-refractivity contribution >= 4 is 21.6 Å². The van der Waals surface area contributed by atoms with Crippen LogP contribution in [0.4, 0.5) is 5.69 Å². The van der Waals surface area contributed by atoms with Gasteiger partial charge in [-0.1, -0.05) is 32.9 Å². The first kappa shape index (κ1) is 23.9. The second kappa shape index (κ2) is 9.02. The van der Waals surface area contributed by atoms with Gasteiger partial charge in [-0.2, -0.15) is 0 Å². The van der Waals surface area contributed by atoms with Gasteiger partial charge in [-0.3, -0.25) is 9.10 Å². The molecule has 3 rings (SSSR count). The molecule has 8 heteroatoms. The van der Waals surface area contributed by atoms with Crippen molar-refractivity contribution in [3.8, 4) is 11.5 Å². The summed E-state index contributed by atoms with van der Waals surface area (Å²) < 4.78 is 37.8. The van der Waals surface area contributed by atoms with Crippen LogP contribution in [0.5, 0.6) is 11.5 Å². The molecular weight excluding hydrogens is 428 g/mol. The quantitative estimate of drug-likeness (QED) is 0.669. The van der Waals surface area contributed by atoms with E-state index < -0.39 is 16.1 Å². The highest BCUT2D eigenvalue weighted by Gasteiger charge is 2.35. The molecule has 0 saturated heterocycles. The van der Waals surface area contributed by atoms with E-state index in [4.69, 9.17) is 9.47 Å². The van der Waals surface area contributed by atoms with Gasteiger partial charge in [-0.05, 0) is 60.2 Å². The molecule has 32 heavy (non-hydrogen) atoms. The van der Waals surface area contributed by atoms with E-state index >= 15 is 0 Å². The van der Waals surface area contributed by atoms with Crippen LogP contribution >= 0.6 is 0 Å². The van der Waals surface area contributed by atoms with Gasteiger partial charge in [0.1, 0.15) is 18.1 Å². The number of nitrogens with one attached hydrogen (secondary N) is 1. The van der Waals surface area contributed by atoms with Crippen LogP contribution in [0.2, 0.25) is 0 Å². The maximum absolute atomic E-state index is 12.7. The molecule has 1 aliphatic rings. The monoisotopic (exact) mass is 460 g/mol. The normalized spacial score (nSPS) is 16.2. The number of anilines is 1. The summed E-state index contributed by atoms with van der Waals surface area (Å²) in [5.41, 5.74) is 3.51. The van der Waals surface area contributed by atoms with E-state index in [-0.39, 0.29) is 24.4 Å². The number of carbonyl (C=O) groups is 1. The van der Waals surface area contributed by atoms with Crippen molar-refractivity contribution < 1.29 is 22.7 Å². The zero-order valence-corrected chi connectivity index (χ0v) is 20.4. The van der Waals surface area contributed by atoms with Crippen LogP contribution in [0.1, 0.15) is 37.5 Å². The second-order valence-corrected chi connectivity index (χ2v) is 11.2. The Morgan fingerprint density at radius 1 is 1.16 bits per heavy atom. The third kappa shape index (κ3) is 5.73. The fourth-order valence-corrected chi connectivity index (χ4v) is 4.55. The molecule has 0 aromatic heterocycles. The number of rotatable bonds is 6. The lowest BCUT2D eigenvalue weighted by atomic mass is 9.86. The molecule has 2 aromatic rings. The third-order valence-electron chi connectivity index (χ3n) is 5.25. The minimum absolute atomic E-state index is 0.0802. The highest BCUT2D eigenvalue weighted by molar-refractivity contribution is 7.92. The molecule has 0 bridgehead atoms. The molecule has 0 saturated carbocycles. The molecule has 0 radical (unpaired) electrons. The molecule has 1 atom stereocenters. The predicted octanol–water partition coefficient (Wildman–Crippen LogP) is 3.32. The Kier molecular flexibility index (Phi) is 6.74. The summed E-state index contributed by atoms with van der Waals surface area (Å²) in [5.74, 6) is 0.743. The van der Waals surface area contributed by atoms with Gasteiger partial charge in [0, 0.05) is 0 Å². The molecule has 0 aliphatic carbocycles. The summed E-state index contributed by atoms with van der Waals surface area (Å²) in [6.45, 7) is 10.7. The molecule has 1 aliphatic heterocycles. The highest BCUT2D eigenvalue weighted by atomic mass is 32.2. The Morgan fingerprint density at radius 2 is 1.81 bits per heavy atom. The Morgan fingerprint density at radius 3 is 2.41 bits per heavy atom. The van der Waals surface area contributed by atoms with Crippen molar-refractivity contribution in [1.29, 1.82) is 0 Å². The Balaban J connectivity index is 1.67. The molecule has 0 unspecified atom stereocenters. The Bertz CT molecular complexity index is 1090. The molecule has 1 amide bonds. The van der Waals surface area contributed by atoms with Crippen LogP contribution in [0.15, 0.2) is 36.4 Å². The standard InChI is InChI=1S/C24H32N2O5S/c1-16-11-17(2)13-19(12-16)30-10-9-25-23(27)22-15-26(32(6,28)29)20-14-18(24(3,4)5)7-8-21(20)31-22/h7-8,11-14,22H,9-10,15H2,1-6H3,(H,25,27)/t22-/m1/s1. The predicted molar refractivity (Wildman–Crippen MR) is 126 cm³/mol. The van der Waals surface area contributed by atoms with Crippen LogP contribution in [0.3, 0.4) is 0 Å². The van der Waals surface area contributed by atoms with Gasteiger partial charge in [-0.25, -0.2) is 8.42 Å². The zero-order chi connectivity index (χ0) is 23.7. The maximum Gasteiger partial charge on any atom is 0.263 e. The van der Waals surface area contributed by atoms with Crippen molar-refractivity contribution in [1.82, 2.24) is 5.32 Å². The van der Waals surface area contributed by atoms with Gasteiger partial charge < -0.3 is 14.8 Å². The van der Waals surface area contributed by atoms with Gasteiger partial charge in [-0.15, -0.1) is 0 Å². The number of hydrogen-bond donors (Lipinski definition) is 1. The largest absolute Gasteiger partial charge is 0.492 e. The smallest absolute Gasteiger partial charge is 0.263 e. The number of carbonyl (C=O) groups excluding carboxylic acids is 1. The molecular formula is C24H32N2O5S. The van der Waals surface area contributed by atoms with Crippen molar-refractivity contribution in [2.45, 2.75) is 46.1 Å². The maximum atomic E-state index is 12.7. The molecule has 0 fully saturated rings. The SMILES string of the molecule is Cc1cc(C)cc(OCCNC(=O)[C@H]2CN(S(C)(=O)=O)c3cc(C(C)(C)C)ccc3O2)c1. The van der Waals surface area contributed by atoms with E-state index in [1.54, 1.807) is 6.07 Å². The second-order valence-electron chi connectivity index (χ2n) is 9.30. The van der Waals surface area contributed by atoms with Gasteiger partial charge in [0.25, 0.3) is 5.91 Å². The zero-order valence-electron chi connectivity index (χ0n) is 19.6. The molecule has 174 valence electrons. The summed E-state index contributed by atoms with van der Waals surface area (Å²) in [4.78, 5) is 12.7. The lowest BCUT2D eigenvalue weighted by Gasteiger charge is -2.35. The lowest BCUT2D eigenvalue weighted by molar-refractivity contribution is -0.127. The van der Waals surface area contributed by atoms with E-state index in [2.05, 4.69) is 32.2 Å². The number of fused-ring (bicyclic) bond motifs is 1. The first-order chi connectivity index (χ1) is 14.8. The van der Waals surface area contributed by atoms with Crippen molar-refractivity contribution in [3.63, 3.8) is 0 Å². The summed E-state index contributed by atoms with van der Waals surface area (Å²) in [6, 6.07) is 11.4. The average Bonchev–Trinajstić information content (AvgIpc) is 2.67.